The molecule has 0 heterocycles. The van der Waals surface area contributed by atoms with E-state index in [1.54, 1.807) is 12.1 Å². The molecule has 118 valence electrons. The highest BCUT2D eigenvalue weighted by Crippen LogP contribution is 2.21. The Kier molecular flexibility index (Phi) is 6.87. The van der Waals surface area contributed by atoms with Gasteiger partial charge in [-0.2, -0.15) is 8.78 Å². The topological polar surface area (TPSA) is 70.6 Å². The smallest absolute Gasteiger partial charge is 0.387 e. The van der Waals surface area contributed by atoms with Crippen LogP contribution in [0.4, 0.5) is 13.6 Å². The average molecular weight is 302 g/mol. The molecule has 7 heteroatoms. The molecule has 1 aromatic carbocycles. The Labute approximate surface area is 122 Å². The summed E-state index contributed by atoms with van der Waals surface area (Å²) in [6.07, 6.45) is 0.591. The molecule has 3 N–H and O–H groups in total. The molecule has 0 aliphatic carbocycles. The van der Waals surface area contributed by atoms with E-state index in [9.17, 15) is 13.6 Å². The molecule has 0 radical (unpaired) electrons. The fourth-order valence-electron chi connectivity index (χ4n) is 1.75. The van der Waals surface area contributed by atoms with Crippen LogP contribution < -0.4 is 15.4 Å². The number of benzene rings is 1. The number of nitrogens with one attached hydrogen (secondary N) is 2. The van der Waals surface area contributed by atoms with Crippen molar-refractivity contribution >= 4 is 6.03 Å². The molecule has 0 saturated carbocycles. The van der Waals surface area contributed by atoms with Crippen LogP contribution in [0.15, 0.2) is 18.2 Å². The molecule has 1 aromatic rings. The molecule has 0 aromatic heterocycles. The van der Waals surface area contributed by atoms with E-state index in [-0.39, 0.29) is 24.9 Å². The third-order valence-electron chi connectivity index (χ3n) is 2.92. The van der Waals surface area contributed by atoms with E-state index in [0.717, 1.165) is 5.56 Å². The molecular formula is C14H20F2N2O3. The number of ether oxygens (including phenoxy) is 1. The zero-order valence-electron chi connectivity index (χ0n) is 12.0. The first-order chi connectivity index (χ1) is 9.96. The first-order valence-electron chi connectivity index (χ1n) is 6.65. The number of alkyl halides is 2. The van der Waals surface area contributed by atoms with Crippen molar-refractivity contribution in [1.82, 2.24) is 10.6 Å². The minimum atomic E-state index is -2.92. The number of aliphatic hydroxyl groups is 1. The van der Waals surface area contributed by atoms with E-state index in [4.69, 9.17) is 5.11 Å². The molecule has 0 fully saturated rings. The monoisotopic (exact) mass is 302 g/mol. The van der Waals surface area contributed by atoms with Crippen molar-refractivity contribution in [3.63, 3.8) is 0 Å². The maximum atomic E-state index is 12.3. The summed E-state index contributed by atoms with van der Waals surface area (Å²) in [7, 11) is 0. The average Bonchev–Trinajstić information content (AvgIpc) is 2.44. The van der Waals surface area contributed by atoms with Gasteiger partial charge in [-0.15, -0.1) is 0 Å². The van der Waals surface area contributed by atoms with E-state index >= 15 is 0 Å². The van der Waals surface area contributed by atoms with Gasteiger partial charge in [0.1, 0.15) is 5.75 Å². The number of hydrogen-bond acceptors (Lipinski definition) is 3. The molecule has 0 spiro atoms. The van der Waals surface area contributed by atoms with Crippen LogP contribution in [0.2, 0.25) is 0 Å². The van der Waals surface area contributed by atoms with Gasteiger partial charge in [0.15, 0.2) is 0 Å². The van der Waals surface area contributed by atoms with Crippen molar-refractivity contribution in [3.8, 4) is 5.75 Å². The van der Waals surface area contributed by atoms with E-state index in [1.807, 2.05) is 13.8 Å². The van der Waals surface area contributed by atoms with Gasteiger partial charge in [0, 0.05) is 12.1 Å². The van der Waals surface area contributed by atoms with Crippen LogP contribution in [0.1, 0.15) is 24.5 Å². The highest BCUT2D eigenvalue weighted by atomic mass is 19.3. The molecule has 21 heavy (non-hydrogen) atoms. The van der Waals surface area contributed by atoms with Gasteiger partial charge < -0.3 is 20.5 Å². The molecule has 1 unspecified atom stereocenters. The molecule has 0 aliphatic heterocycles. The van der Waals surface area contributed by atoms with Crippen LogP contribution in [0.5, 0.6) is 5.75 Å². The lowest BCUT2D eigenvalue weighted by atomic mass is 10.1. The number of aliphatic hydroxyl groups excluding tert-OH is 1. The van der Waals surface area contributed by atoms with E-state index < -0.39 is 12.6 Å². The largest absolute Gasteiger partial charge is 0.434 e. The highest BCUT2D eigenvalue weighted by Gasteiger charge is 2.12. The summed E-state index contributed by atoms with van der Waals surface area (Å²) in [5.41, 5.74) is 1.33. The normalized spacial score (nSPS) is 12.1. The van der Waals surface area contributed by atoms with Crippen LogP contribution in [-0.4, -0.2) is 30.4 Å². The van der Waals surface area contributed by atoms with E-state index in [2.05, 4.69) is 15.4 Å². The number of carbonyl (C=O) groups is 1. The number of aryl methyl sites for hydroxylation is 1. The Balaban J connectivity index is 2.65. The van der Waals surface area contributed by atoms with Crippen molar-refractivity contribution in [2.45, 2.75) is 39.5 Å². The van der Waals surface area contributed by atoms with Gasteiger partial charge in [-0.25, -0.2) is 4.79 Å². The van der Waals surface area contributed by atoms with Crippen molar-refractivity contribution in [1.29, 1.82) is 0 Å². The fraction of sp³-hybridized carbons (Fsp3) is 0.500. The van der Waals surface area contributed by atoms with E-state index in [1.165, 1.54) is 6.07 Å². The van der Waals surface area contributed by atoms with Gasteiger partial charge in [0.05, 0.1) is 12.6 Å². The van der Waals surface area contributed by atoms with Gasteiger partial charge in [0.2, 0.25) is 0 Å². The molecule has 5 nitrogen and oxygen atoms in total. The van der Waals surface area contributed by atoms with Crippen LogP contribution in [-0.2, 0) is 6.54 Å². The summed E-state index contributed by atoms with van der Waals surface area (Å²) in [4.78, 5) is 11.6. The second kappa shape index (κ2) is 8.41. The Morgan fingerprint density at radius 2 is 2.14 bits per heavy atom. The fourth-order valence-corrected chi connectivity index (χ4v) is 1.75. The van der Waals surface area contributed by atoms with Gasteiger partial charge >= 0.3 is 12.6 Å². The Hall–Kier alpha value is -1.89. The van der Waals surface area contributed by atoms with Crippen molar-refractivity contribution in [3.05, 3.63) is 29.3 Å². The minimum Gasteiger partial charge on any atom is -0.434 e. The third-order valence-corrected chi connectivity index (χ3v) is 2.92. The number of hydrogen-bond donors (Lipinski definition) is 3. The predicted octanol–water partition coefficient (Wildman–Crippen LogP) is 2.17. The Bertz CT molecular complexity index is 466. The molecule has 2 amide bonds. The summed E-state index contributed by atoms with van der Waals surface area (Å²) in [5, 5.41) is 14.1. The van der Waals surface area contributed by atoms with Crippen molar-refractivity contribution in [2.24, 2.45) is 0 Å². The van der Waals surface area contributed by atoms with Crippen LogP contribution in [0.25, 0.3) is 0 Å². The molecule has 0 aliphatic rings. The predicted molar refractivity (Wildman–Crippen MR) is 74.3 cm³/mol. The van der Waals surface area contributed by atoms with Gasteiger partial charge in [-0.3, -0.25) is 0 Å². The standard InChI is InChI=1S/C14H20F2N2O3/c1-3-11(8-19)18-14(20)17-7-10-6-9(2)4-5-12(10)21-13(15)16/h4-6,11,13,19H,3,7-8H2,1-2H3,(H2,17,18,20). The summed E-state index contributed by atoms with van der Waals surface area (Å²) >= 11 is 0. The number of halogens is 2. The second-order valence-electron chi connectivity index (χ2n) is 4.60. The molecule has 0 bridgehead atoms. The summed E-state index contributed by atoms with van der Waals surface area (Å²) in [6, 6.07) is 3.96. The second-order valence-corrected chi connectivity index (χ2v) is 4.60. The molecule has 1 rings (SSSR count). The first-order valence-corrected chi connectivity index (χ1v) is 6.65. The van der Waals surface area contributed by atoms with E-state index in [0.29, 0.717) is 12.0 Å². The highest BCUT2D eigenvalue weighted by molar-refractivity contribution is 5.74. The minimum absolute atomic E-state index is 0.0325. The maximum Gasteiger partial charge on any atom is 0.387 e. The molecular weight excluding hydrogens is 282 g/mol. The molecule has 0 saturated heterocycles. The molecule has 1 atom stereocenters. The lowest BCUT2D eigenvalue weighted by molar-refractivity contribution is -0.0504. The van der Waals surface area contributed by atoms with Crippen LogP contribution >= 0.6 is 0 Å². The Morgan fingerprint density at radius 1 is 1.43 bits per heavy atom. The summed E-state index contributed by atoms with van der Waals surface area (Å²) in [6.45, 7) is 0.621. The number of amides is 2. The van der Waals surface area contributed by atoms with Crippen molar-refractivity contribution < 1.29 is 23.4 Å². The number of rotatable bonds is 7. The summed E-state index contributed by atoms with van der Waals surface area (Å²) < 4.78 is 29.0. The maximum absolute atomic E-state index is 12.3. The van der Waals surface area contributed by atoms with Crippen LogP contribution in [0.3, 0.4) is 0 Å². The number of urea groups is 1. The van der Waals surface area contributed by atoms with Gasteiger partial charge in [-0.05, 0) is 19.4 Å². The SMILES string of the molecule is CCC(CO)NC(=O)NCc1cc(C)ccc1OC(F)F. The lowest BCUT2D eigenvalue weighted by Gasteiger charge is -2.16. The zero-order valence-corrected chi connectivity index (χ0v) is 12.0. The van der Waals surface area contributed by atoms with Gasteiger partial charge in [0.25, 0.3) is 0 Å². The Morgan fingerprint density at radius 3 is 2.71 bits per heavy atom. The van der Waals surface area contributed by atoms with Gasteiger partial charge in [-0.1, -0.05) is 24.6 Å². The lowest BCUT2D eigenvalue weighted by Crippen LogP contribution is -2.43. The number of carbonyl (C=O) groups excluding carboxylic acids is 1. The van der Waals surface area contributed by atoms with Crippen LogP contribution in [0, 0.1) is 6.92 Å². The third kappa shape index (κ3) is 5.95. The zero-order chi connectivity index (χ0) is 15.8. The first kappa shape index (κ1) is 17.2. The van der Waals surface area contributed by atoms with Crippen molar-refractivity contribution in [2.75, 3.05) is 6.61 Å². The quantitative estimate of drug-likeness (QED) is 0.723. The summed E-state index contributed by atoms with van der Waals surface area (Å²) in [5.74, 6) is 0.0325.